The second-order valence-corrected chi connectivity index (χ2v) is 12.0. The Labute approximate surface area is 280 Å². The minimum absolute atomic E-state index is 0.177. The fraction of sp³-hybridized carbons (Fsp3) is 0.229. The average Bonchev–Trinajstić information content (AvgIpc) is 3.64. The molecule has 2 aromatic carbocycles. The molecule has 0 spiro atoms. The van der Waals surface area contributed by atoms with Crippen LogP contribution in [0.1, 0.15) is 32.1 Å². The van der Waals surface area contributed by atoms with Gasteiger partial charge in [-0.25, -0.2) is 4.98 Å². The molecule has 2 atom stereocenters. The first-order valence-electron chi connectivity index (χ1n) is 15.3. The summed E-state index contributed by atoms with van der Waals surface area (Å²) in [5.74, 6) is 0.517. The normalized spacial score (nSPS) is 17.9. The number of nitrogens with zero attached hydrogens (tertiary/aromatic N) is 4. The van der Waals surface area contributed by atoms with Crippen molar-refractivity contribution in [3.8, 4) is 28.4 Å². The minimum Gasteiger partial charge on any atom is -0.496 e. The molecule has 48 heavy (non-hydrogen) atoms. The quantitative estimate of drug-likeness (QED) is 0.288. The van der Waals surface area contributed by atoms with Gasteiger partial charge in [0.2, 0.25) is 0 Å². The lowest BCUT2D eigenvalue weighted by molar-refractivity contribution is -0.123. The Morgan fingerprint density at radius 3 is 2.71 bits per heavy atom. The van der Waals surface area contributed by atoms with Gasteiger partial charge < -0.3 is 29.7 Å². The highest BCUT2D eigenvalue weighted by atomic mass is 35.5. The van der Waals surface area contributed by atoms with Crippen molar-refractivity contribution in [3.05, 3.63) is 107 Å². The number of hydrogen-bond donors (Lipinski definition) is 2. The van der Waals surface area contributed by atoms with E-state index in [9.17, 15) is 14.4 Å². The van der Waals surface area contributed by atoms with E-state index in [-0.39, 0.29) is 44.0 Å². The molecule has 1 fully saturated rings. The first-order chi connectivity index (χ1) is 23.2. The van der Waals surface area contributed by atoms with Crippen LogP contribution in [-0.4, -0.2) is 75.9 Å². The summed E-state index contributed by atoms with van der Waals surface area (Å²) >= 11 is 6.27. The third-order valence-electron chi connectivity index (χ3n) is 8.39. The topological polar surface area (TPSA) is 136 Å². The van der Waals surface area contributed by atoms with Crippen LogP contribution in [0, 0.1) is 6.92 Å². The van der Waals surface area contributed by atoms with Crippen LogP contribution in [0.25, 0.3) is 16.8 Å². The number of nitrogens with one attached hydrogen (secondary N) is 2. The van der Waals surface area contributed by atoms with Crippen molar-refractivity contribution in [2.45, 2.75) is 25.6 Å². The Kier molecular flexibility index (Phi) is 8.32. The zero-order valence-electron chi connectivity index (χ0n) is 26.1. The second kappa shape index (κ2) is 12.9. The molecule has 1 saturated heterocycles. The predicted molar refractivity (Wildman–Crippen MR) is 177 cm³/mol. The summed E-state index contributed by atoms with van der Waals surface area (Å²) in [6, 6.07) is 17.1. The summed E-state index contributed by atoms with van der Waals surface area (Å²) in [5, 5.41) is 6.42. The molecule has 6 heterocycles. The number of carbonyl (C=O) groups is 3. The molecule has 12 nitrogen and oxygen atoms in total. The molecule has 6 bridgehead atoms. The van der Waals surface area contributed by atoms with Crippen molar-refractivity contribution in [3.63, 3.8) is 0 Å². The summed E-state index contributed by atoms with van der Waals surface area (Å²) in [6.07, 6.45) is 4.18. The number of methoxy groups -OCH3 is 1. The van der Waals surface area contributed by atoms with Gasteiger partial charge in [-0.3, -0.25) is 23.8 Å². The van der Waals surface area contributed by atoms with Crippen LogP contribution < -0.4 is 24.8 Å². The lowest BCUT2D eigenvalue weighted by Gasteiger charge is -2.22. The number of hydrogen-bond acceptors (Lipinski definition) is 8. The number of pyridine rings is 2. The lowest BCUT2D eigenvalue weighted by Crippen LogP contribution is -2.45. The standard InChI is InChI=1S/C35H31ClN6O6/c1-20-33(42-16-25(36)7-9-31(42)39-20)35(45)41-17-28-30(18-41)48-27-8-6-22(29(12-27)46-2)15-38-32(43)19-47-26-5-3-4-21(11-26)23-10-24(14-37-13-23)34(44)40-28/h3-14,16,28,30H,15,17-19H2,1-2H3,(H,38,43)(H,40,44)/t28-,30-/m0/s1. The van der Waals surface area contributed by atoms with E-state index in [0.29, 0.717) is 50.4 Å². The summed E-state index contributed by atoms with van der Waals surface area (Å²) < 4.78 is 19.5. The van der Waals surface area contributed by atoms with Gasteiger partial charge in [0.1, 0.15) is 34.7 Å². The highest BCUT2D eigenvalue weighted by molar-refractivity contribution is 6.30. The maximum Gasteiger partial charge on any atom is 0.272 e. The third-order valence-corrected chi connectivity index (χ3v) is 8.61. The van der Waals surface area contributed by atoms with Crippen LogP contribution in [0.3, 0.4) is 0 Å². The first kappa shape index (κ1) is 31.0. The molecular weight excluding hydrogens is 636 g/mol. The predicted octanol–water partition coefficient (Wildman–Crippen LogP) is 4.08. The van der Waals surface area contributed by atoms with Crippen LogP contribution in [0.2, 0.25) is 5.02 Å². The SMILES string of the molecule is COc1cc2ccc1CNC(=O)COc1cccc(c1)-c1cncc(c1)C(=O)N[C@H]1CN(C(=O)c3c(C)nc4ccc(Cl)cn34)C[C@@H]1O2. The van der Waals surface area contributed by atoms with Crippen LogP contribution in [0.15, 0.2) is 79.3 Å². The Balaban J connectivity index is 1.24. The zero-order valence-corrected chi connectivity index (χ0v) is 26.9. The molecule has 0 saturated carbocycles. The molecule has 13 heteroatoms. The Morgan fingerprint density at radius 1 is 1.00 bits per heavy atom. The molecule has 2 N–H and O–H groups in total. The molecule has 3 aromatic heterocycles. The Hall–Kier alpha value is -5.62. The maximum atomic E-state index is 14.0. The minimum atomic E-state index is -0.619. The summed E-state index contributed by atoms with van der Waals surface area (Å²) in [6.45, 7) is 2.15. The Bertz CT molecular complexity index is 2060. The van der Waals surface area contributed by atoms with Gasteiger partial charge >= 0.3 is 0 Å². The molecule has 0 radical (unpaired) electrons. The third kappa shape index (κ3) is 6.21. The van der Waals surface area contributed by atoms with E-state index in [1.807, 2.05) is 6.07 Å². The van der Waals surface area contributed by atoms with Crippen LogP contribution in [0.4, 0.5) is 0 Å². The van der Waals surface area contributed by atoms with E-state index in [4.69, 9.17) is 25.8 Å². The van der Waals surface area contributed by atoms with Gasteiger partial charge in [-0.05, 0) is 55.0 Å². The van der Waals surface area contributed by atoms with Crippen molar-refractivity contribution < 1.29 is 28.6 Å². The number of aromatic nitrogens is 3. The van der Waals surface area contributed by atoms with Crippen molar-refractivity contribution in [2.75, 3.05) is 26.8 Å². The van der Waals surface area contributed by atoms with E-state index >= 15 is 0 Å². The van der Waals surface area contributed by atoms with E-state index < -0.39 is 12.1 Å². The number of benzene rings is 2. The molecule has 5 aromatic rings. The van der Waals surface area contributed by atoms with E-state index in [0.717, 1.165) is 11.1 Å². The number of halogens is 1. The Morgan fingerprint density at radius 2 is 1.85 bits per heavy atom. The van der Waals surface area contributed by atoms with E-state index in [1.54, 1.807) is 83.2 Å². The van der Waals surface area contributed by atoms with Crippen molar-refractivity contribution >= 4 is 35.0 Å². The molecule has 0 unspecified atom stereocenters. The molecule has 244 valence electrons. The number of fused-ring (bicyclic) bond motifs is 8. The highest BCUT2D eigenvalue weighted by Crippen LogP contribution is 2.29. The number of rotatable bonds is 2. The molecule has 3 amide bonds. The monoisotopic (exact) mass is 666 g/mol. The maximum absolute atomic E-state index is 14.0. The number of imidazole rings is 1. The fourth-order valence-electron chi connectivity index (χ4n) is 5.99. The number of likely N-dealkylation sites (tertiary alicyclic amines) is 1. The number of ether oxygens (including phenoxy) is 3. The largest absolute Gasteiger partial charge is 0.496 e. The van der Waals surface area contributed by atoms with Crippen molar-refractivity contribution in [2.24, 2.45) is 0 Å². The fourth-order valence-corrected chi connectivity index (χ4v) is 6.15. The zero-order chi connectivity index (χ0) is 33.4. The van der Waals surface area contributed by atoms with Crippen LogP contribution in [-0.2, 0) is 11.3 Å². The van der Waals surface area contributed by atoms with E-state index in [2.05, 4.69) is 20.6 Å². The van der Waals surface area contributed by atoms with Gasteiger partial charge in [0.15, 0.2) is 6.61 Å². The van der Waals surface area contributed by atoms with Crippen LogP contribution in [0.5, 0.6) is 17.2 Å². The van der Waals surface area contributed by atoms with Gasteiger partial charge in [-0.15, -0.1) is 0 Å². The second-order valence-electron chi connectivity index (χ2n) is 11.6. The lowest BCUT2D eigenvalue weighted by atomic mass is 10.1. The highest BCUT2D eigenvalue weighted by Gasteiger charge is 2.40. The number of carbonyl (C=O) groups excluding carboxylic acids is 3. The smallest absolute Gasteiger partial charge is 0.272 e. The van der Waals surface area contributed by atoms with Crippen molar-refractivity contribution in [1.82, 2.24) is 29.9 Å². The van der Waals surface area contributed by atoms with Crippen LogP contribution >= 0.6 is 11.6 Å². The molecular formula is C35H31ClN6O6. The van der Waals surface area contributed by atoms with Gasteiger partial charge in [-0.1, -0.05) is 23.7 Å². The molecule has 3 aliphatic rings. The number of amides is 3. The number of aryl methyl sites for hydroxylation is 1. The summed E-state index contributed by atoms with van der Waals surface area (Å²) in [5.41, 5.74) is 4.05. The van der Waals surface area contributed by atoms with Crippen molar-refractivity contribution in [1.29, 1.82) is 0 Å². The first-order valence-corrected chi connectivity index (χ1v) is 15.7. The molecule has 3 aliphatic heterocycles. The van der Waals surface area contributed by atoms with Gasteiger partial charge in [0, 0.05) is 48.9 Å². The molecule has 0 aliphatic carbocycles. The summed E-state index contributed by atoms with van der Waals surface area (Å²) in [7, 11) is 1.53. The van der Waals surface area contributed by atoms with Gasteiger partial charge in [0.05, 0.1) is 36.0 Å². The van der Waals surface area contributed by atoms with E-state index in [1.165, 1.54) is 13.3 Å². The van der Waals surface area contributed by atoms with Gasteiger partial charge in [0.25, 0.3) is 17.7 Å². The summed E-state index contributed by atoms with van der Waals surface area (Å²) in [4.78, 5) is 50.9. The average molecular weight is 667 g/mol. The van der Waals surface area contributed by atoms with Gasteiger partial charge in [-0.2, -0.15) is 0 Å². The molecule has 8 rings (SSSR count).